The summed E-state index contributed by atoms with van der Waals surface area (Å²) in [6.45, 7) is 6.17. The summed E-state index contributed by atoms with van der Waals surface area (Å²) >= 11 is 1.33. The largest absolute Gasteiger partial charge is 0.325 e. The minimum absolute atomic E-state index is 0.0962. The van der Waals surface area contributed by atoms with Gasteiger partial charge in [0.25, 0.3) is 0 Å². The van der Waals surface area contributed by atoms with E-state index in [4.69, 9.17) is 0 Å². The van der Waals surface area contributed by atoms with Crippen LogP contribution in [0.25, 0.3) is 16.5 Å². The standard InChI is InChI=1S/C23H23N5OS/c1-15(2)17-11-13-19(14-12-17)28-23(25-26-27-28)30-16(3)22(29)24-21-10-6-8-18-7-4-5-9-20(18)21/h4-16H,1-3H3,(H,24,29)/t16-/m1/s1. The van der Waals surface area contributed by atoms with Crippen LogP contribution < -0.4 is 5.32 Å². The van der Waals surface area contributed by atoms with Crippen LogP contribution in [0.2, 0.25) is 0 Å². The first-order valence-corrected chi connectivity index (χ1v) is 10.7. The lowest BCUT2D eigenvalue weighted by atomic mass is 10.0. The lowest BCUT2D eigenvalue weighted by molar-refractivity contribution is -0.115. The summed E-state index contributed by atoms with van der Waals surface area (Å²) in [4.78, 5) is 12.8. The predicted octanol–water partition coefficient (Wildman–Crippen LogP) is 5.06. The van der Waals surface area contributed by atoms with Crippen molar-refractivity contribution in [3.05, 3.63) is 72.3 Å². The minimum Gasteiger partial charge on any atom is -0.325 e. The Kier molecular flexibility index (Phi) is 5.81. The molecule has 3 aromatic carbocycles. The summed E-state index contributed by atoms with van der Waals surface area (Å²) in [6, 6.07) is 22.0. The maximum absolute atomic E-state index is 12.8. The Labute approximate surface area is 179 Å². The number of hydrogen-bond donors (Lipinski definition) is 1. The molecule has 4 aromatic rings. The van der Waals surface area contributed by atoms with Crippen LogP contribution in [0.1, 0.15) is 32.3 Å². The van der Waals surface area contributed by atoms with Crippen LogP contribution in [0.4, 0.5) is 5.69 Å². The molecule has 0 unspecified atom stereocenters. The van der Waals surface area contributed by atoms with Gasteiger partial charge in [-0.05, 0) is 52.4 Å². The highest BCUT2D eigenvalue weighted by Gasteiger charge is 2.20. The van der Waals surface area contributed by atoms with Crippen molar-refractivity contribution in [1.29, 1.82) is 0 Å². The van der Waals surface area contributed by atoms with Gasteiger partial charge >= 0.3 is 0 Å². The predicted molar refractivity (Wildman–Crippen MR) is 121 cm³/mol. The van der Waals surface area contributed by atoms with E-state index < -0.39 is 0 Å². The molecule has 0 aliphatic rings. The zero-order valence-corrected chi connectivity index (χ0v) is 17.9. The number of hydrogen-bond acceptors (Lipinski definition) is 5. The molecule has 152 valence electrons. The first kappa shape index (κ1) is 20.1. The van der Waals surface area contributed by atoms with Gasteiger partial charge in [0.1, 0.15) is 0 Å². The molecule has 0 spiro atoms. The fraction of sp³-hybridized carbons (Fsp3) is 0.217. The highest BCUT2D eigenvalue weighted by Crippen LogP contribution is 2.27. The first-order chi connectivity index (χ1) is 14.5. The highest BCUT2D eigenvalue weighted by atomic mass is 32.2. The van der Waals surface area contributed by atoms with E-state index in [-0.39, 0.29) is 11.2 Å². The van der Waals surface area contributed by atoms with Crippen molar-refractivity contribution in [2.24, 2.45) is 0 Å². The van der Waals surface area contributed by atoms with Crippen LogP contribution >= 0.6 is 11.8 Å². The number of nitrogens with zero attached hydrogens (tertiary/aromatic N) is 4. The van der Waals surface area contributed by atoms with E-state index in [1.54, 1.807) is 4.68 Å². The van der Waals surface area contributed by atoms with Crippen molar-refractivity contribution in [2.75, 3.05) is 5.32 Å². The van der Waals surface area contributed by atoms with Crippen molar-refractivity contribution >= 4 is 34.1 Å². The number of benzene rings is 3. The second-order valence-electron chi connectivity index (χ2n) is 7.40. The number of tetrazole rings is 1. The van der Waals surface area contributed by atoms with Gasteiger partial charge in [0, 0.05) is 11.1 Å². The average Bonchev–Trinajstić information content (AvgIpc) is 3.22. The molecule has 1 atom stereocenters. The molecule has 30 heavy (non-hydrogen) atoms. The zero-order valence-electron chi connectivity index (χ0n) is 17.1. The van der Waals surface area contributed by atoms with Gasteiger partial charge in [0.2, 0.25) is 11.1 Å². The van der Waals surface area contributed by atoms with E-state index in [1.165, 1.54) is 17.3 Å². The summed E-state index contributed by atoms with van der Waals surface area (Å²) in [5, 5.41) is 17.4. The smallest absolute Gasteiger partial charge is 0.237 e. The molecule has 0 radical (unpaired) electrons. The number of aromatic nitrogens is 4. The Hall–Kier alpha value is -3.19. The van der Waals surface area contributed by atoms with Gasteiger partial charge in [-0.15, -0.1) is 5.10 Å². The molecule has 0 saturated heterocycles. The van der Waals surface area contributed by atoms with Gasteiger partial charge in [-0.1, -0.05) is 74.1 Å². The van der Waals surface area contributed by atoms with Gasteiger partial charge in [-0.3, -0.25) is 4.79 Å². The van der Waals surface area contributed by atoms with Crippen LogP contribution in [-0.2, 0) is 4.79 Å². The second kappa shape index (κ2) is 8.67. The molecule has 7 heteroatoms. The summed E-state index contributed by atoms with van der Waals surface area (Å²) < 4.78 is 1.66. The van der Waals surface area contributed by atoms with Gasteiger partial charge in [-0.25, -0.2) is 0 Å². The number of rotatable bonds is 6. The van der Waals surface area contributed by atoms with Gasteiger partial charge in [0.05, 0.1) is 10.9 Å². The highest BCUT2D eigenvalue weighted by molar-refractivity contribution is 8.00. The number of nitrogens with one attached hydrogen (secondary N) is 1. The SMILES string of the molecule is CC(C)c1ccc(-n2nnnc2S[C@H](C)C(=O)Nc2cccc3ccccc23)cc1. The molecular weight excluding hydrogens is 394 g/mol. The fourth-order valence-corrected chi connectivity index (χ4v) is 4.00. The molecular formula is C23H23N5OS. The van der Waals surface area contributed by atoms with Crippen molar-refractivity contribution in [1.82, 2.24) is 20.2 Å². The topological polar surface area (TPSA) is 72.7 Å². The van der Waals surface area contributed by atoms with Crippen molar-refractivity contribution in [2.45, 2.75) is 37.1 Å². The van der Waals surface area contributed by atoms with Gasteiger partial charge < -0.3 is 5.32 Å². The Bertz CT molecular complexity index is 1160. The summed E-state index contributed by atoms with van der Waals surface area (Å²) in [6.07, 6.45) is 0. The number of carbonyl (C=O) groups is 1. The Morgan fingerprint density at radius 2 is 1.70 bits per heavy atom. The minimum atomic E-state index is -0.372. The van der Waals surface area contributed by atoms with Crippen LogP contribution in [0.15, 0.2) is 71.9 Å². The third kappa shape index (κ3) is 4.21. The monoisotopic (exact) mass is 417 g/mol. The molecule has 6 nitrogen and oxygen atoms in total. The van der Waals surface area contributed by atoms with Crippen LogP contribution in [-0.4, -0.2) is 31.4 Å². The zero-order chi connectivity index (χ0) is 21.1. The normalized spacial score (nSPS) is 12.3. The van der Waals surface area contributed by atoms with E-state index in [0.29, 0.717) is 11.1 Å². The molecule has 0 aliphatic heterocycles. The van der Waals surface area contributed by atoms with E-state index in [9.17, 15) is 4.79 Å². The Balaban J connectivity index is 1.50. The second-order valence-corrected chi connectivity index (χ2v) is 8.70. The van der Waals surface area contributed by atoms with Crippen LogP contribution in [0, 0.1) is 0 Å². The van der Waals surface area contributed by atoms with E-state index in [1.807, 2.05) is 61.5 Å². The van der Waals surface area contributed by atoms with E-state index in [0.717, 1.165) is 22.1 Å². The Morgan fingerprint density at radius 3 is 2.47 bits per heavy atom. The molecule has 0 saturated carbocycles. The molecule has 4 rings (SSSR count). The van der Waals surface area contributed by atoms with Crippen molar-refractivity contribution in [3.8, 4) is 5.69 Å². The maximum Gasteiger partial charge on any atom is 0.237 e. The number of amides is 1. The number of thioether (sulfide) groups is 1. The van der Waals surface area contributed by atoms with Crippen LogP contribution in [0.3, 0.4) is 0 Å². The quantitative estimate of drug-likeness (QED) is 0.444. The molecule has 0 bridgehead atoms. The van der Waals surface area contributed by atoms with E-state index in [2.05, 4.69) is 46.8 Å². The van der Waals surface area contributed by atoms with Crippen molar-refractivity contribution in [3.63, 3.8) is 0 Å². The maximum atomic E-state index is 12.8. The average molecular weight is 418 g/mol. The van der Waals surface area contributed by atoms with Crippen LogP contribution in [0.5, 0.6) is 0 Å². The third-order valence-corrected chi connectivity index (χ3v) is 5.98. The van der Waals surface area contributed by atoms with Crippen molar-refractivity contribution < 1.29 is 4.79 Å². The lowest BCUT2D eigenvalue weighted by Gasteiger charge is -2.13. The third-order valence-electron chi connectivity index (χ3n) is 4.94. The summed E-state index contributed by atoms with van der Waals surface area (Å²) in [5.74, 6) is 0.362. The van der Waals surface area contributed by atoms with Gasteiger partial charge in [-0.2, -0.15) is 4.68 Å². The van der Waals surface area contributed by atoms with E-state index >= 15 is 0 Å². The number of fused-ring (bicyclic) bond motifs is 1. The lowest BCUT2D eigenvalue weighted by Crippen LogP contribution is -2.23. The van der Waals surface area contributed by atoms with Gasteiger partial charge in [0.15, 0.2) is 0 Å². The molecule has 1 aromatic heterocycles. The summed E-state index contributed by atoms with van der Waals surface area (Å²) in [7, 11) is 0. The molecule has 0 aliphatic carbocycles. The first-order valence-electron chi connectivity index (χ1n) is 9.87. The number of anilines is 1. The fourth-order valence-electron chi connectivity index (χ4n) is 3.20. The Morgan fingerprint density at radius 1 is 0.967 bits per heavy atom. The molecule has 0 fully saturated rings. The molecule has 1 N–H and O–H groups in total. The summed E-state index contributed by atoms with van der Waals surface area (Å²) in [5.41, 5.74) is 2.92. The molecule has 1 heterocycles. The number of carbonyl (C=O) groups excluding carboxylic acids is 1. The molecule has 1 amide bonds.